The van der Waals surface area contributed by atoms with Gasteiger partial charge in [-0.25, -0.2) is 14.8 Å². The van der Waals surface area contributed by atoms with Crippen molar-refractivity contribution in [3.8, 4) is 16.9 Å². The molecule has 3 aromatic rings. The zero-order valence-electron chi connectivity index (χ0n) is 15.2. The lowest BCUT2D eigenvalue weighted by Crippen LogP contribution is -2.44. The van der Waals surface area contributed by atoms with E-state index in [1.807, 2.05) is 0 Å². The topological polar surface area (TPSA) is 99.3 Å². The van der Waals surface area contributed by atoms with Crippen molar-refractivity contribution in [1.82, 2.24) is 26.0 Å². The summed E-state index contributed by atoms with van der Waals surface area (Å²) in [6, 6.07) is 1.57. The maximum Gasteiger partial charge on any atom is 0.328 e. The van der Waals surface area contributed by atoms with Crippen LogP contribution in [-0.4, -0.2) is 47.8 Å². The highest BCUT2D eigenvalue weighted by Crippen LogP contribution is 2.42. The molecule has 29 heavy (non-hydrogen) atoms. The van der Waals surface area contributed by atoms with Crippen LogP contribution in [0.1, 0.15) is 11.9 Å². The van der Waals surface area contributed by atoms with E-state index in [1.165, 1.54) is 20.4 Å². The summed E-state index contributed by atoms with van der Waals surface area (Å²) in [6.45, 7) is -0.837. The summed E-state index contributed by atoms with van der Waals surface area (Å²) < 4.78 is 52.8. The fourth-order valence-corrected chi connectivity index (χ4v) is 3.45. The van der Waals surface area contributed by atoms with Crippen LogP contribution >= 0.6 is 11.6 Å². The summed E-state index contributed by atoms with van der Waals surface area (Å²) in [5.74, 6) is -4.50. The summed E-state index contributed by atoms with van der Waals surface area (Å²) in [5.41, 5.74) is 6.61. The molecule has 0 aliphatic carbocycles. The largest absolute Gasteiger partial charge is 0.495 e. The highest BCUT2D eigenvalue weighted by molar-refractivity contribution is 6.33. The molecule has 1 unspecified atom stereocenters. The molecular formula is C17H16ClF3N6O2. The first-order valence-electron chi connectivity index (χ1n) is 8.40. The van der Waals surface area contributed by atoms with Gasteiger partial charge in [0.1, 0.15) is 17.4 Å². The Morgan fingerprint density at radius 1 is 1.31 bits per heavy atom. The zero-order valence-corrected chi connectivity index (χ0v) is 16.0. The number of hydrogen-bond acceptors (Lipinski definition) is 6. The molecule has 4 rings (SSSR count). The molecule has 154 valence electrons. The van der Waals surface area contributed by atoms with Crippen molar-refractivity contribution < 1.29 is 22.6 Å². The molecule has 8 nitrogen and oxygen atoms in total. The van der Waals surface area contributed by atoms with Crippen LogP contribution in [0.5, 0.6) is 5.75 Å². The van der Waals surface area contributed by atoms with E-state index >= 15 is 0 Å². The van der Waals surface area contributed by atoms with E-state index in [0.29, 0.717) is 22.2 Å². The van der Waals surface area contributed by atoms with Crippen LogP contribution in [0.15, 0.2) is 23.5 Å². The first-order chi connectivity index (χ1) is 13.9. The SMILES string of the molecule is COCC(F)(F)C1=NC(c2[nH]c3c(F)c(Cl)c(OC)cc3c2-c2cn[nH]c2)NN1. The van der Waals surface area contributed by atoms with Gasteiger partial charge in [0.05, 0.1) is 24.5 Å². The number of halogens is 4. The molecule has 4 N–H and O–H groups in total. The minimum absolute atomic E-state index is 0.0936. The number of methoxy groups -OCH3 is 2. The lowest BCUT2D eigenvalue weighted by molar-refractivity contribution is -0.00877. The smallest absolute Gasteiger partial charge is 0.328 e. The van der Waals surface area contributed by atoms with Crippen LogP contribution in [0, 0.1) is 5.82 Å². The van der Waals surface area contributed by atoms with Gasteiger partial charge >= 0.3 is 5.92 Å². The Kier molecular flexibility index (Phi) is 4.89. The number of amidine groups is 1. The van der Waals surface area contributed by atoms with Gasteiger partial charge in [-0.05, 0) is 6.07 Å². The van der Waals surface area contributed by atoms with Crippen LogP contribution in [0.2, 0.25) is 5.02 Å². The number of hydrazine groups is 1. The molecule has 0 bridgehead atoms. The summed E-state index contributed by atoms with van der Waals surface area (Å²) >= 11 is 6.03. The van der Waals surface area contributed by atoms with Gasteiger partial charge < -0.3 is 19.9 Å². The van der Waals surface area contributed by atoms with E-state index in [1.54, 1.807) is 12.3 Å². The van der Waals surface area contributed by atoms with Crippen molar-refractivity contribution in [1.29, 1.82) is 0 Å². The summed E-state index contributed by atoms with van der Waals surface area (Å²) in [4.78, 5) is 6.94. The number of nitrogens with one attached hydrogen (secondary N) is 4. The summed E-state index contributed by atoms with van der Waals surface area (Å²) in [6.07, 6.45) is 2.17. The zero-order chi connectivity index (χ0) is 20.8. The van der Waals surface area contributed by atoms with Gasteiger partial charge in [0, 0.05) is 29.8 Å². The normalized spacial score (nSPS) is 16.9. The number of hydrogen-bond donors (Lipinski definition) is 4. The minimum atomic E-state index is -3.32. The quantitative estimate of drug-likeness (QED) is 0.483. The van der Waals surface area contributed by atoms with Gasteiger partial charge in [0.15, 0.2) is 17.8 Å². The molecule has 0 saturated heterocycles. The lowest BCUT2D eigenvalue weighted by Gasteiger charge is -2.14. The number of benzene rings is 1. The van der Waals surface area contributed by atoms with Crippen molar-refractivity contribution >= 4 is 28.3 Å². The maximum absolute atomic E-state index is 14.9. The molecule has 0 amide bonds. The Hall–Kier alpha value is -2.76. The maximum atomic E-state index is 14.9. The second kappa shape index (κ2) is 7.25. The predicted octanol–water partition coefficient (Wildman–Crippen LogP) is 3.15. The number of rotatable bonds is 6. The second-order valence-electron chi connectivity index (χ2n) is 6.32. The number of aromatic nitrogens is 3. The van der Waals surface area contributed by atoms with Crippen LogP contribution in [0.3, 0.4) is 0 Å². The van der Waals surface area contributed by atoms with Gasteiger partial charge in [-0.15, -0.1) is 0 Å². The Balaban J connectivity index is 1.90. The molecule has 0 radical (unpaired) electrons. The van der Waals surface area contributed by atoms with Gasteiger partial charge in [-0.3, -0.25) is 5.10 Å². The predicted molar refractivity (Wildman–Crippen MR) is 101 cm³/mol. The van der Waals surface area contributed by atoms with Crippen LogP contribution in [0.25, 0.3) is 22.0 Å². The molecular weight excluding hydrogens is 413 g/mol. The van der Waals surface area contributed by atoms with Crippen molar-refractivity contribution in [2.75, 3.05) is 20.8 Å². The molecule has 12 heteroatoms. The Morgan fingerprint density at radius 2 is 2.10 bits per heavy atom. The molecule has 1 atom stereocenters. The average Bonchev–Trinajstić information content (AvgIpc) is 3.43. The molecule has 0 saturated carbocycles. The second-order valence-corrected chi connectivity index (χ2v) is 6.70. The highest BCUT2D eigenvalue weighted by atomic mass is 35.5. The van der Waals surface area contributed by atoms with E-state index in [-0.39, 0.29) is 16.3 Å². The monoisotopic (exact) mass is 428 g/mol. The number of ether oxygens (including phenoxy) is 2. The van der Waals surface area contributed by atoms with E-state index in [0.717, 1.165) is 0 Å². The Bertz CT molecular complexity index is 1080. The van der Waals surface area contributed by atoms with E-state index in [9.17, 15) is 13.2 Å². The third kappa shape index (κ3) is 3.20. The van der Waals surface area contributed by atoms with Crippen molar-refractivity contribution in [3.05, 3.63) is 35.0 Å². The van der Waals surface area contributed by atoms with E-state index in [4.69, 9.17) is 16.3 Å². The van der Waals surface area contributed by atoms with Crippen molar-refractivity contribution in [2.24, 2.45) is 4.99 Å². The van der Waals surface area contributed by atoms with Crippen LogP contribution < -0.4 is 15.6 Å². The molecule has 2 aromatic heterocycles. The van der Waals surface area contributed by atoms with E-state index < -0.39 is 30.3 Å². The summed E-state index contributed by atoms with van der Waals surface area (Å²) in [7, 11) is 2.54. The number of H-pyrrole nitrogens is 2. The van der Waals surface area contributed by atoms with E-state index in [2.05, 4.69) is 35.8 Å². The van der Waals surface area contributed by atoms with Crippen molar-refractivity contribution in [3.63, 3.8) is 0 Å². The first kappa shape index (κ1) is 19.6. The fraction of sp³-hybridized carbons (Fsp3) is 0.294. The summed E-state index contributed by atoms with van der Waals surface area (Å²) in [5, 5.41) is 6.84. The number of fused-ring (bicyclic) bond motifs is 1. The van der Waals surface area contributed by atoms with Crippen molar-refractivity contribution in [2.45, 2.75) is 12.1 Å². The molecule has 3 heterocycles. The molecule has 1 aliphatic rings. The lowest BCUT2D eigenvalue weighted by atomic mass is 10.0. The number of aliphatic imine (C=N–C) groups is 1. The van der Waals surface area contributed by atoms with Gasteiger partial charge in [0.2, 0.25) is 0 Å². The van der Waals surface area contributed by atoms with Crippen LogP contribution in [0.4, 0.5) is 13.2 Å². The first-order valence-corrected chi connectivity index (χ1v) is 8.78. The van der Waals surface area contributed by atoms with Gasteiger partial charge in [-0.2, -0.15) is 13.9 Å². The number of aromatic amines is 2. The Morgan fingerprint density at radius 3 is 2.76 bits per heavy atom. The molecule has 0 fully saturated rings. The van der Waals surface area contributed by atoms with Gasteiger partial charge in [-0.1, -0.05) is 11.6 Å². The standard InChI is InChI=1S/C17H16ClF3N6O2/c1-28-6-17(20,21)16-25-15(26-27-16)14-10(7-4-22-23-5-7)8-3-9(29-2)11(18)12(19)13(8)24-14/h3-5,15,24,26H,6H2,1-2H3,(H,22,23)(H,25,27). The highest BCUT2D eigenvalue weighted by Gasteiger charge is 2.41. The number of alkyl halides is 2. The Labute approximate surface area is 167 Å². The minimum Gasteiger partial charge on any atom is -0.495 e. The number of nitrogens with zero attached hydrogens (tertiary/aromatic N) is 2. The third-order valence-electron chi connectivity index (χ3n) is 4.51. The third-order valence-corrected chi connectivity index (χ3v) is 4.86. The molecule has 0 spiro atoms. The van der Waals surface area contributed by atoms with Gasteiger partial charge in [0.25, 0.3) is 0 Å². The fourth-order valence-electron chi connectivity index (χ4n) is 3.22. The molecule has 1 aromatic carbocycles. The molecule has 1 aliphatic heterocycles. The van der Waals surface area contributed by atoms with Crippen LogP contribution in [-0.2, 0) is 4.74 Å². The average molecular weight is 429 g/mol.